The largest absolute Gasteiger partial charge is 0.497 e. The van der Waals surface area contributed by atoms with Crippen LogP contribution in [0.2, 0.25) is 0 Å². The van der Waals surface area contributed by atoms with E-state index in [1.807, 2.05) is 68.4 Å². The maximum absolute atomic E-state index is 10.7. The van der Waals surface area contributed by atoms with Gasteiger partial charge in [-0.2, -0.15) is 0 Å². The first-order valence-electron chi connectivity index (χ1n) is 9.51. The quantitative estimate of drug-likeness (QED) is 0.587. The first-order chi connectivity index (χ1) is 14.0. The summed E-state index contributed by atoms with van der Waals surface area (Å²) in [6.07, 6.45) is 0.664. The predicted molar refractivity (Wildman–Crippen MR) is 112 cm³/mol. The number of rotatable bonds is 8. The van der Waals surface area contributed by atoms with E-state index in [0.29, 0.717) is 18.9 Å². The molecule has 29 heavy (non-hydrogen) atoms. The first kappa shape index (κ1) is 20.4. The van der Waals surface area contributed by atoms with Crippen molar-refractivity contribution in [2.75, 3.05) is 7.11 Å². The third-order valence-corrected chi connectivity index (χ3v) is 4.76. The molecule has 0 bridgehead atoms. The highest BCUT2D eigenvalue weighted by atomic mass is 16.5. The summed E-state index contributed by atoms with van der Waals surface area (Å²) in [5.41, 5.74) is 6.16. The van der Waals surface area contributed by atoms with Crippen LogP contribution in [0.5, 0.6) is 11.6 Å². The number of carbonyl (C=O) groups is 1. The molecule has 3 aromatic rings. The molecule has 0 radical (unpaired) electrons. The van der Waals surface area contributed by atoms with Gasteiger partial charge < -0.3 is 14.6 Å². The van der Waals surface area contributed by atoms with Gasteiger partial charge in [0.15, 0.2) is 0 Å². The lowest BCUT2D eigenvalue weighted by Gasteiger charge is -2.13. The standard InChI is InChI=1S/C24H25NO4/c1-16-13-20(28-3)14-17(2)24(16)21-5-4-6-22(25-21)29-15-19-9-7-18(8-10-19)11-12-23(26)27/h4-10,13-14H,11-12,15H2,1-3H3,(H,26,27). The molecule has 0 aliphatic rings. The van der Waals surface area contributed by atoms with E-state index in [0.717, 1.165) is 39.3 Å². The highest BCUT2D eigenvalue weighted by Crippen LogP contribution is 2.30. The number of nitrogens with zero attached hydrogens (tertiary/aromatic N) is 1. The molecule has 2 aromatic carbocycles. The second-order valence-electron chi connectivity index (χ2n) is 7.00. The minimum Gasteiger partial charge on any atom is -0.497 e. The molecule has 1 aromatic heterocycles. The van der Waals surface area contributed by atoms with Crippen LogP contribution in [0.1, 0.15) is 28.7 Å². The summed E-state index contributed by atoms with van der Waals surface area (Å²) in [6.45, 7) is 4.49. The minimum atomic E-state index is -0.786. The molecule has 5 nitrogen and oxygen atoms in total. The second kappa shape index (κ2) is 9.24. The molecule has 0 aliphatic carbocycles. The van der Waals surface area contributed by atoms with E-state index in [1.165, 1.54) is 0 Å². The van der Waals surface area contributed by atoms with E-state index in [-0.39, 0.29) is 6.42 Å². The third kappa shape index (κ3) is 5.35. The van der Waals surface area contributed by atoms with E-state index in [2.05, 4.69) is 4.98 Å². The number of aliphatic carboxylic acids is 1. The van der Waals surface area contributed by atoms with Gasteiger partial charge in [-0.1, -0.05) is 30.3 Å². The van der Waals surface area contributed by atoms with Crippen LogP contribution < -0.4 is 9.47 Å². The summed E-state index contributed by atoms with van der Waals surface area (Å²) in [5, 5.41) is 8.77. The van der Waals surface area contributed by atoms with Crippen molar-refractivity contribution >= 4 is 5.97 Å². The van der Waals surface area contributed by atoms with Gasteiger partial charge in [-0.15, -0.1) is 0 Å². The van der Waals surface area contributed by atoms with Gasteiger partial charge in [0, 0.05) is 18.1 Å². The molecule has 0 atom stereocenters. The monoisotopic (exact) mass is 391 g/mol. The van der Waals surface area contributed by atoms with Crippen LogP contribution >= 0.6 is 0 Å². The third-order valence-electron chi connectivity index (χ3n) is 4.76. The Morgan fingerprint density at radius 3 is 2.28 bits per heavy atom. The Morgan fingerprint density at radius 2 is 1.66 bits per heavy atom. The number of aryl methyl sites for hydroxylation is 3. The normalized spacial score (nSPS) is 10.6. The zero-order chi connectivity index (χ0) is 20.8. The first-order valence-corrected chi connectivity index (χ1v) is 9.51. The Hall–Kier alpha value is -3.34. The van der Waals surface area contributed by atoms with Gasteiger partial charge in [0.2, 0.25) is 5.88 Å². The second-order valence-corrected chi connectivity index (χ2v) is 7.00. The Bertz CT molecular complexity index is 973. The van der Waals surface area contributed by atoms with Crippen LogP contribution in [0.25, 0.3) is 11.3 Å². The van der Waals surface area contributed by atoms with Crippen molar-refractivity contribution in [3.8, 4) is 22.9 Å². The van der Waals surface area contributed by atoms with Crippen LogP contribution in [0.4, 0.5) is 0 Å². The van der Waals surface area contributed by atoms with Gasteiger partial charge >= 0.3 is 5.97 Å². The molecule has 0 aliphatic heterocycles. The fourth-order valence-corrected chi connectivity index (χ4v) is 3.29. The van der Waals surface area contributed by atoms with Crippen molar-refractivity contribution in [2.45, 2.75) is 33.3 Å². The SMILES string of the molecule is COc1cc(C)c(-c2cccc(OCc3ccc(CCC(=O)O)cc3)n2)c(C)c1. The van der Waals surface area contributed by atoms with Crippen molar-refractivity contribution < 1.29 is 19.4 Å². The molecule has 0 fully saturated rings. The molecular formula is C24H25NO4. The van der Waals surface area contributed by atoms with Crippen LogP contribution in [-0.2, 0) is 17.8 Å². The van der Waals surface area contributed by atoms with Crippen molar-refractivity contribution in [1.29, 1.82) is 0 Å². The van der Waals surface area contributed by atoms with E-state index in [1.54, 1.807) is 7.11 Å². The molecular weight excluding hydrogens is 366 g/mol. The molecule has 0 saturated heterocycles. The van der Waals surface area contributed by atoms with Crippen molar-refractivity contribution in [3.05, 3.63) is 76.9 Å². The Balaban J connectivity index is 1.70. The number of benzene rings is 2. The molecule has 1 heterocycles. The van der Waals surface area contributed by atoms with E-state index < -0.39 is 5.97 Å². The lowest BCUT2D eigenvalue weighted by molar-refractivity contribution is -0.136. The number of hydrogen-bond acceptors (Lipinski definition) is 4. The Labute approximate surface area is 171 Å². The number of carboxylic acids is 1. The number of methoxy groups -OCH3 is 1. The number of carboxylic acid groups (broad SMARTS) is 1. The van der Waals surface area contributed by atoms with Gasteiger partial charge in [0.25, 0.3) is 0 Å². The number of hydrogen-bond donors (Lipinski definition) is 1. The molecule has 150 valence electrons. The zero-order valence-electron chi connectivity index (χ0n) is 16.9. The van der Waals surface area contributed by atoms with Gasteiger partial charge in [-0.3, -0.25) is 4.79 Å². The molecule has 5 heteroatoms. The smallest absolute Gasteiger partial charge is 0.303 e. The van der Waals surface area contributed by atoms with Crippen LogP contribution in [-0.4, -0.2) is 23.2 Å². The van der Waals surface area contributed by atoms with E-state index >= 15 is 0 Å². The molecule has 1 N–H and O–H groups in total. The fourth-order valence-electron chi connectivity index (χ4n) is 3.29. The number of ether oxygens (including phenoxy) is 2. The molecule has 3 rings (SSSR count). The Kier molecular flexibility index (Phi) is 6.50. The average molecular weight is 391 g/mol. The summed E-state index contributed by atoms with van der Waals surface area (Å²) in [4.78, 5) is 15.3. The average Bonchev–Trinajstić information content (AvgIpc) is 2.71. The highest BCUT2D eigenvalue weighted by molar-refractivity contribution is 5.69. The molecule has 0 spiro atoms. The maximum atomic E-state index is 10.7. The molecule has 0 saturated carbocycles. The topological polar surface area (TPSA) is 68.7 Å². The Morgan fingerprint density at radius 1 is 1.00 bits per heavy atom. The summed E-state index contributed by atoms with van der Waals surface area (Å²) in [5.74, 6) is 0.612. The van der Waals surface area contributed by atoms with Crippen LogP contribution in [0.3, 0.4) is 0 Å². The lowest BCUT2D eigenvalue weighted by atomic mass is 9.99. The highest BCUT2D eigenvalue weighted by Gasteiger charge is 2.10. The van der Waals surface area contributed by atoms with Gasteiger partial charge in [-0.25, -0.2) is 4.98 Å². The van der Waals surface area contributed by atoms with Crippen LogP contribution in [0, 0.1) is 13.8 Å². The maximum Gasteiger partial charge on any atom is 0.303 e. The zero-order valence-corrected chi connectivity index (χ0v) is 16.9. The van der Waals surface area contributed by atoms with Crippen molar-refractivity contribution in [1.82, 2.24) is 4.98 Å². The van der Waals surface area contributed by atoms with Gasteiger partial charge in [0.1, 0.15) is 12.4 Å². The van der Waals surface area contributed by atoms with Crippen molar-refractivity contribution in [2.24, 2.45) is 0 Å². The summed E-state index contributed by atoms with van der Waals surface area (Å²) >= 11 is 0. The van der Waals surface area contributed by atoms with Gasteiger partial charge in [-0.05, 0) is 60.7 Å². The van der Waals surface area contributed by atoms with E-state index in [4.69, 9.17) is 14.6 Å². The number of pyridine rings is 1. The summed E-state index contributed by atoms with van der Waals surface area (Å²) in [6, 6.07) is 17.6. The van der Waals surface area contributed by atoms with E-state index in [9.17, 15) is 4.79 Å². The fraction of sp³-hybridized carbons (Fsp3) is 0.250. The number of aromatic nitrogens is 1. The summed E-state index contributed by atoms with van der Waals surface area (Å²) in [7, 11) is 1.67. The van der Waals surface area contributed by atoms with Crippen LogP contribution in [0.15, 0.2) is 54.6 Å². The van der Waals surface area contributed by atoms with Crippen molar-refractivity contribution in [3.63, 3.8) is 0 Å². The lowest BCUT2D eigenvalue weighted by Crippen LogP contribution is -2.00. The van der Waals surface area contributed by atoms with Gasteiger partial charge in [0.05, 0.1) is 12.8 Å². The summed E-state index contributed by atoms with van der Waals surface area (Å²) < 4.78 is 11.2. The molecule has 0 amide bonds. The minimum absolute atomic E-state index is 0.136. The predicted octanol–water partition coefficient (Wildman–Crippen LogP) is 4.97. The molecule has 0 unspecified atom stereocenters.